The van der Waals surface area contributed by atoms with Crippen LogP contribution in [0.4, 0.5) is 8.78 Å². The predicted octanol–water partition coefficient (Wildman–Crippen LogP) is 2.05. The number of fused-ring (bicyclic) bond motifs is 1. The lowest BCUT2D eigenvalue weighted by Gasteiger charge is -2.16. The van der Waals surface area contributed by atoms with Crippen LogP contribution in [-0.4, -0.2) is 45.6 Å². The Kier molecular flexibility index (Phi) is 4.39. The zero-order valence-electron chi connectivity index (χ0n) is 15.2. The largest absolute Gasteiger partial charge is 0.308 e. The first-order valence-electron chi connectivity index (χ1n) is 8.44. The molecule has 0 radical (unpaired) electrons. The SMILES string of the molecule is CN(C)S(=O)(=O)n1ccnc1C1=CCc2c1ccc(F)c2Cn1cc(F)cn1. The summed E-state index contributed by atoms with van der Waals surface area (Å²) >= 11 is 0. The first-order chi connectivity index (χ1) is 13.3. The molecule has 0 atom stereocenters. The maximum Gasteiger partial charge on any atom is 0.308 e. The molecular formula is C18H17F2N5O2S. The van der Waals surface area contributed by atoms with E-state index < -0.39 is 21.8 Å². The highest BCUT2D eigenvalue weighted by Gasteiger charge is 2.27. The third-order valence-electron chi connectivity index (χ3n) is 4.65. The highest BCUT2D eigenvalue weighted by Crippen LogP contribution is 2.35. The molecule has 28 heavy (non-hydrogen) atoms. The molecule has 2 heterocycles. The van der Waals surface area contributed by atoms with Crippen molar-refractivity contribution in [3.63, 3.8) is 0 Å². The molecule has 1 aliphatic carbocycles. The fraction of sp³-hybridized carbons (Fsp3) is 0.222. The van der Waals surface area contributed by atoms with Crippen LogP contribution >= 0.6 is 0 Å². The monoisotopic (exact) mass is 405 g/mol. The van der Waals surface area contributed by atoms with Gasteiger partial charge in [0.2, 0.25) is 0 Å². The van der Waals surface area contributed by atoms with Crippen LogP contribution in [0.25, 0.3) is 5.57 Å². The van der Waals surface area contributed by atoms with Crippen molar-refractivity contribution in [2.75, 3.05) is 14.1 Å². The van der Waals surface area contributed by atoms with Crippen molar-refractivity contribution in [2.45, 2.75) is 13.0 Å². The quantitative estimate of drug-likeness (QED) is 0.651. The van der Waals surface area contributed by atoms with Crippen LogP contribution in [-0.2, 0) is 23.2 Å². The molecule has 0 amide bonds. The third kappa shape index (κ3) is 2.94. The smallest absolute Gasteiger partial charge is 0.265 e. The van der Waals surface area contributed by atoms with Crippen molar-refractivity contribution in [1.29, 1.82) is 0 Å². The minimum Gasteiger partial charge on any atom is -0.265 e. The summed E-state index contributed by atoms with van der Waals surface area (Å²) in [4.78, 5) is 4.21. The van der Waals surface area contributed by atoms with E-state index in [1.54, 1.807) is 6.07 Å². The first kappa shape index (κ1) is 18.5. The number of halogens is 2. The highest BCUT2D eigenvalue weighted by molar-refractivity contribution is 7.87. The standard InChI is InChI=1S/C18H17F2N5O2S/c1-23(2)28(26,27)25-8-7-21-18(25)15-4-3-14-13(15)5-6-17(20)16(14)11-24-10-12(19)9-22-24/h4-10H,3,11H2,1-2H3. The fourth-order valence-corrected chi connectivity index (χ4v) is 4.20. The van der Waals surface area contributed by atoms with Gasteiger partial charge < -0.3 is 0 Å². The Morgan fingerprint density at radius 2 is 2.04 bits per heavy atom. The van der Waals surface area contributed by atoms with Crippen LogP contribution in [0.2, 0.25) is 0 Å². The number of rotatable bonds is 5. The van der Waals surface area contributed by atoms with Gasteiger partial charge in [-0.25, -0.2) is 17.7 Å². The second-order valence-corrected chi connectivity index (χ2v) is 8.59. The van der Waals surface area contributed by atoms with Gasteiger partial charge in [-0.1, -0.05) is 12.1 Å². The van der Waals surface area contributed by atoms with E-state index in [9.17, 15) is 17.2 Å². The molecule has 1 aliphatic rings. The average Bonchev–Trinajstić information content (AvgIpc) is 3.36. The lowest BCUT2D eigenvalue weighted by molar-refractivity contribution is 0.510. The number of aromatic nitrogens is 4. The molecule has 0 fully saturated rings. The Morgan fingerprint density at radius 3 is 2.71 bits per heavy atom. The number of hydrogen-bond donors (Lipinski definition) is 0. The van der Waals surface area contributed by atoms with Gasteiger partial charge >= 0.3 is 10.2 Å². The lowest BCUT2D eigenvalue weighted by Crippen LogP contribution is -2.29. The Bertz CT molecular complexity index is 1190. The Labute approximate surface area is 160 Å². The summed E-state index contributed by atoms with van der Waals surface area (Å²) in [6.07, 6.45) is 7.27. The third-order valence-corrected chi connectivity index (χ3v) is 6.37. The number of nitrogens with zero attached hydrogens (tertiary/aromatic N) is 5. The highest BCUT2D eigenvalue weighted by atomic mass is 32.2. The van der Waals surface area contributed by atoms with Crippen LogP contribution in [0.3, 0.4) is 0 Å². The number of imidazole rings is 1. The average molecular weight is 405 g/mol. The molecule has 0 saturated carbocycles. The topological polar surface area (TPSA) is 73.0 Å². The van der Waals surface area contributed by atoms with Gasteiger partial charge in [0.1, 0.15) is 5.82 Å². The molecule has 7 nitrogen and oxygen atoms in total. The second-order valence-electron chi connectivity index (χ2n) is 6.57. The maximum atomic E-state index is 14.5. The normalized spacial score (nSPS) is 13.8. The Morgan fingerprint density at radius 1 is 1.25 bits per heavy atom. The van der Waals surface area contributed by atoms with Crippen LogP contribution in [0.15, 0.2) is 43.0 Å². The molecule has 10 heteroatoms. The van der Waals surface area contributed by atoms with E-state index in [0.29, 0.717) is 28.7 Å². The van der Waals surface area contributed by atoms with E-state index in [4.69, 9.17) is 0 Å². The van der Waals surface area contributed by atoms with Gasteiger partial charge in [0.15, 0.2) is 11.6 Å². The van der Waals surface area contributed by atoms with E-state index in [-0.39, 0.29) is 12.4 Å². The molecule has 3 aromatic rings. The van der Waals surface area contributed by atoms with Crippen molar-refractivity contribution in [3.8, 4) is 0 Å². The van der Waals surface area contributed by atoms with Crippen LogP contribution < -0.4 is 0 Å². The summed E-state index contributed by atoms with van der Waals surface area (Å²) < 4.78 is 56.4. The zero-order valence-corrected chi connectivity index (χ0v) is 16.0. The van der Waals surface area contributed by atoms with Gasteiger partial charge in [-0.05, 0) is 23.6 Å². The van der Waals surface area contributed by atoms with Gasteiger partial charge in [0, 0.05) is 37.6 Å². The van der Waals surface area contributed by atoms with Crippen LogP contribution in [0.1, 0.15) is 22.5 Å². The van der Waals surface area contributed by atoms with Crippen molar-refractivity contribution >= 4 is 15.8 Å². The molecule has 2 aromatic heterocycles. The van der Waals surface area contributed by atoms with Gasteiger partial charge in [-0.2, -0.15) is 17.8 Å². The number of hydrogen-bond acceptors (Lipinski definition) is 4. The zero-order chi connectivity index (χ0) is 20.1. The summed E-state index contributed by atoms with van der Waals surface area (Å²) in [5.41, 5.74) is 2.41. The molecule has 0 unspecified atom stereocenters. The molecule has 1 aromatic carbocycles. The van der Waals surface area contributed by atoms with Gasteiger partial charge in [-0.15, -0.1) is 0 Å². The number of benzene rings is 1. The van der Waals surface area contributed by atoms with Gasteiger partial charge in [0.25, 0.3) is 0 Å². The van der Waals surface area contributed by atoms with Crippen molar-refractivity contribution in [1.82, 2.24) is 23.0 Å². The van der Waals surface area contributed by atoms with E-state index in [2.05, 4.69) is 10.1 Å². The Balaban J connectivity index is 1.78. The van der Waals surface area contributed by atoms with Crippen molar-refractivity contribution < 1.29 is 17.2 Å². The van der Waals surface area contributed by atoms with Gasteiger partial charge in [0.05, 0.1) is 18.9 Å². The summed E-state index contributed by atoms with van der Waals surface area (Å²) in [5.74, 6) is -0.661. The molecule has 0 aliphatic heterocycles. The summed E-state index contributed by atoms with van der Waals surface area (Å²) in [6, 6.07) is 2.93. The van der Waals surface area contributed by atoms with Crippen LogP contribution in [0, 0.1) is 11.6 Å². The minimum absolute atomic E-state index is 0.0739. The lowest BCUT2D eigenvalue weighted by atomic mass is 9.99. The van der Waals surface area contributed by atoms with Gasteiger partial charge in [-0.3, -0.25) is 4.68 Å². The number of allylic oxidation sites excluding steroid dienone is 1. The summed E-state index contributed by atoms with van der Waals surface area (Å²) in [6.45, 7) is 0.0739. The van der Waals surface area contributed by atoms with E-state index in [1.165, 1.54) is 43.4 Å². The first-order valence-corrected chi connectivity index (χ1v) is 9.84. The molecule has 0 N–H and O–H groups in total. The Hall–Kier alpha value is -2.85. The minimum atomic E-state index is -3.75. The van der Waals surface area contributed by atoms with Crippen LogP contribution in [0.5, 0.6) is 0 Å². The molecule has 0 saturated heterocycles. The van der Waals surface area contributed by atoms with E-state index >= 15 is 0 Å². The van der Waals surface area contributed by atoms with E-state index in [1.807, 2.05) is 6.08 Å². The maximum absolute atomic E-state index is 14.5. The summed E-state index contributed by atoms with van der Waals surface area (Å²) in [7, 11) is -0.877. The molecule has 4 rings (SSSR count). The van der Waals surface area contributed by atoms with E-state index in [0.717, 1.165) is 14.5 Å². The molecule has 0 bridgehead atoms. The van der Waals surface area contributed by atoms with Crippen molar-refractivity contribution in [2.24, 2.45) is 0 Å². The predicted molar refractivity (Wildman–Crippen MR) is 98.7 cm³/mol. The molecule has 146 valence electrons. The summed E-state index contributed by atoms with van der Waals surface area (Å²) in [5, 5.41) is 3.87. The van der Waals surface area contributed by atoms with Crippen molar-refractivity contribution in [3.05, 3.63) is 77.1 Å². The fourth-order valence-electron chi connectivity index (χ4n) is 3.28. The second kappa shape index (κ2) is 6.64. The molecule has 0 spiro atoms. The molecular weight excluding hydrogens is 388 g/mol.